The Bertz CT molecular complexity index is 65.5. The van der Waals surface area contributed by atoms with E-state index < -0.39 is 0 Å². The van der Waals surface area contributed by atoms with Crippen LogP contribution >= 0.6 is 0 Å². The summed E-state index contributed by atoms with van der Waals surface area (Å²) in [6.07, 6.45) is 2.61. The van der Waals surface area contributed by atoms with Gasteiger partial charge in [0.05, 0.1) is 7.11 Å². The van der Waals surface area contributed by atoms with E-state index in [1.807, 2.05) is 34.9 Å². The number of carbonyl (C=O) groups is 1. The minimum absolute atomic E-state index is 0.708. The first kappa shape index (κ1) is 17.6. The maximum absolute atomic E-state index is 9.40. The van der Waals surface area contributed by atoms with Crippen molar-refractivity contribution in [3.63, 3.8) is 0 Å². The molecule has 0 amide bonds. The van der Waals surface area contributed by atoms with E-state index in [4.69, 9.17) is 0 Å². The van der Waals surface area contributed by atoms with Gasteiger partial charge in [0.1, 0.15) is 6.29 Å². The minimum atomic E-state index is 0.708. The lowest BCUT2D eigenvalue weighted by molar-refractivity contribution is -0.107. The molecule has 3 heteroatoms. The van der Waals surface area contributed by atoms with Crippen LogP contribution in [0.15, 0.2) is 0 Å². The van der Waals surface area contributed by atoms with E-state index in [-0.39, 0.29) is 0 Å². The highest BCUT2D eigenvalue weighted by molar-refractivity contribution is 5.48. The average molecular weight is 177 g/mol. The van der Waals surface area contributed by atoms with Gasteiger partial charge in [-0.1, -0.05) is 20.8 Å². The van der Waals surface area contributed by atoms with Gasteiger partial charge in [0.2, 0.25) is 0 Å². The second kappa shape index (κ2) is 22.4. The van der Waals surface area contributed by atoms with Crippen LogP contribution in [0, 0.1) is 0 Å². The summed E-state index contributed by atoms with van der Waals surface area (Å²) in [7, 11) is 5.29. The van der Waals surface area contributed by atoms with Gasteiger partial charge < -0.3 is 9.63 Å². The Balaban J connectivity index is -0.000000112. The molecule has 0 fully saturated rings. The summed E-state index contributed by atoms with van der Waals surface area (Å²) < 4.78 is 0. The second-order valence-corrected chi connectivity index (χ2v) is 1.95. The number of hydrogen-bond donors (Lipinski definition) is 0. The third-order valence-electron chi connectivity index (χ3n) is 0.772. The molecule has 0 saturated carbocycles. The summed E-state index contributed by atoms with van der Waals surface area (Å²) in [6.45, 7) is 5.98. The molecular weight excluding hydrogens is 154 g/mol. The molecule has 0 rings (SSSR count). The smallest absolute Gasteiger partial charge is 0.119 e. The maximum Gasteiger partial charge on any atom is 0.119 e. The molecule has 0 aromatic heterocycles. The molecule has 0 N–H and O–H groups in total. The normalized spacial score (nSPS) is 7.58. The van der Waals surface area contributed by atoms with Crippen LogP contribution in [0.3, 0.4) is 0 Å². The van der Waals surface area contributed by atoms with Gasteiger partial charge in [0.15, 0.2) is 0 Å². The van der Waals surface area contributed by atoms with Crippen LogP contribution in [0.25, 0.3) is 0 Å². The van der Waals surface area contributed by atoms with Crippen molar-refractivity contribution >= 4 is 6.29 Å². The van der Waals surface area contributed by atoms with Crippen molar-refractivity contribution < 1.29 is 9.63 Å². The predicted octanol–water partition coefficient (Wildman–Crippen LogP) is 2.12. The SMILES string of the molecule is CC.CCCC=O.CON(C)C. The van der Waals surface area contributed by atoms with E-state index in [1.165, 1.54) is 0 Å². The molecule has 3 nitrogen and oxygen atoms in total. The summed E-state index contributed by atoms with van der Waals surface area (Å²) in [5.41, 5.74) is 0. The fourth-order valence-electron chi connectivity index (χ4n) is 0.118. The van der Waals surface area contributed by atoms with E-state index >= 15 is 0 Å². The number of hydrogen-bond acceptors (Lipinski definition) is 3. The summed E-state index contributed by atoms with van der Waals surface area (Å²) >= 11 is 0. The zero-order valence-electron chi connectivity index (χ0n) is 9.26. The summed E-state index contributed by atoms with van der Waals surface area (Å²) in [4.78, 5) is 14.0. The van der Waals surface area contributed by atoms with Gasteiger partial charge in [-0.25, -0.2) is 0 Å². The molecule has 0 spiro atoms. The summed E-state index contributed by atoms with van der Waals surface area (Å²) in [5, 5.41) is 1.62. The Morgan fingerprint density at radius 2 is 1.67 bits per heavy atom. The topological polar surface area (TPSA) is 29.5 Å². The molecule has 0 bridgehead atoms. The van der Waals surface area contributed by atoms with Crippen LogP contribution in [-0.4, -0.2) is 32.6 Å². The first-order valence-electron chi connectivity index (χ1n) is 4.34. The molecule has 0 aromatic carbocycles. The number of hydroxylamine groups is 2. The second-order valence-electron chi connectivity index (χ2n) is 1.95. The number of rotatable bonds is 3. The minimum Gasteiger partial charge on any atom is -0.303 e. The molecule has 0 aliphatic rings. The van der Waals surface area contributed by atoms with Crippen molar-refractivity contribution in [1.29, 1.82) is 0 Å². The van der Waals surface area contributed by atoms with E-state index in [0.717, 1.165) is 12.7 Å². The number of unbranched alkanes of at least 4 members (excludes halogenated alkanes) is 1. The van der Waals surface area contributed by atoms with Gasteiger partial charge in [-0.05, 0) is 6.42 Å². The molecule has 0 saturated heterocycles. The molecule has 0 aliphatic heterocycles. The highest BCUT2D eigenvalue weighted by Crippen LogP contribution is 1.74. The number of carbonyl (C=O) groups excluding carboxylic acids is 1. The van der Waals surface area contributed by atoms with Crippen LogP contribution in [0.4, 0.5) is 0 Å². The zero-order chi connectivity index (χ0) is 10.4. The highest BCUT2D eigenvalue weighted by atomic mass is 16.7. The summed E-state index contributed by atoms with van der Waals surface area (Å²) in [5.74, 6) is 0. The molecule has 0 radical (unpaired) electrons. The van der Waals surface area contributed by atoms with Crippen LogP contribution in [0.5, 0.6) is 0 Å². The molecular formula is C9H23NO2. The third kappa shape index (κ3) is 54.9. The Morgan fingerprint density at radius 1 is 1.33 bits per heavy atom. The molecule has 0 aliphatic carbocycles. The van der Waals surface area contributed by atoms with Crippen molar-refractivity contribution in [3.05, 3.63) is 0 Å². The maximum atomic E-state index is 9.40. The fourth-order valence-corrected chi connectivity index (χ4v) is 0.118. The van der Waals surface area contributed by atoms with Gasteiger partial charge in [-0.15, -0.1) is 0 Å². The van der Waals surface area contributed by atoms with E-state index in [1.54, 1.807) is 12.2 Å². The highest BCUT2D eigenvalue weighted by Gasteiger charge is 1.70. The fraction of sp³-hybridized carbons (Fsp3) is 0.889. The van der Waals surface area contributed by atoms with Gasteiger partial charge in [0.25, 0.3) is 0 Å². The van der Waals surface area contributed by atoms with Gasteiger partial charge in [0, 0.05) is 20.5 Å². The Morgan fingerprint density at radius 3 is 1.67 bits per heavy atom. The average Bonchev–Trinajstić information content (AvgIpc) is 2.10. The van der Waals surface area contributed by atoms with Crippen molar-refractivity contribution in [3.8, 4) is 0 Å². The van der Waals surface area contributed by atoms with Gasteiger partial charge in [-0.2, -0.15) is 5.06 Å². The van der Waals surface area contributed by atoms with Crippen molar-refractivity contribution in [2.75, 3.05) is 21.2 Å². The van der Waals surface area contributed by atoms with Crippen LogP contribution < -0.4 is 0 Å². The lowest BCUT2D eigenvalue weighted by atomic mass is 10.4. The van der Waals surface area contributed by atoms with Crippen LogP contribution in [-0.2, 0) is 9.63 Å². The predicted molar refractivity (Wildman–Crippen MR) is 53.0 cm³/mol. The van der Waals surface area contributed by atoms with E-state index in [9.17, 15) is 4.79 Å². The summed E-state index contributed by atoms with van der Waals surface area (Å²) in [6, 6.07) is 0. The van der Waals surface area contributed by atoms with Crippen molar-refractivity contribution in [2.24, 2.45) is 0 Å². The first-order chi connectivity index (χ1) is 5.68. The van der Waals surface area contributed by atoms with Crippen molar-refractivity contribution in [1.82, 2.24) is 5.06 Å². The largest absolute Gasteiger partial charge is 0.303 e. The Kier molecular flexibility index (Phi) is 32.9. The third-order valence-corrected chi connectivity index (χ3v) is 0.772. The number of aldehydes is 1. The molecule has 0 unspecified atom stereocenters. The Labute approximate surface area is 76.7 Å². The molecule has 0 atom stereocenters. The molecule has 12 heavy (non-hydrogen) atoms. The van der Waals surface area contributed by atoms with Gasteiger partial charge >= 0.3 is 0 Å². The number of nitrogens with zero attached hydrogens (tertiary/aromatic N) is 1. The van der Waals surface area contributed by atoms with Crippen LogP contribution in [0.1, 0.15) is 33.6 Å². The van der Waals surface area contributed by atoms with Crippen LogP contribution in [0.2, 0.25) is 0 Å². The lowest BCUT2D eigenvalue weighted by Crippen LogP contribution is -2.07. The first-order valence-corrected chi connectivity index (χ1v) is 4.34. The van der Waals surface area contributed by atoms with Gasteiger partial charge in [-0.3, -0.25) is 0 Å². The lowest BCUT2D eigenvalue weighted by Gasteiger charge is -2.01. The van der Waals surface area contributed by atoms with E-state index in [2.05, 4.69) is 4.84 Å². The quantitative estimate of drug-likeness (QED) is 0.488. The molecule has 0 aromatic rings. The Hall–Kier alpha value is -0.410. The zero-order valence-corrected chi connectivity index (χ0v) is 9.26. The molecule has 76 valence electrons. The molecule has 0 heterocycles. The standard InChI is InChI=1S/C4H8O.C3H9NO.C2H6/c1-2-3-4-5;1-4(2)5-3;1-2/h4H,2-3H2,1H3;1-3H3;1-2H3. The van der Waals surface area contributed by atoms with Crippen molar-refractivity contribution in [2.45, 2.75) is 33.6 Å². The van der Waals surface area contributed by atoms with E-state index in [0.29, 0.717) is 6.42 Å². The monoisotopic (exact) mass is 177 g/mol.